The number of carbonyl (C=O) groups is 1. The summed E-state index contributed by atoms with van der Waals surface area (Å²) in [5.74, 6) is 0.121. The van der Waals surface area contributed by atoms with Crippen molar-refractivity contribution < 1.29 is 14.3 Å². The van der Waals surface area contributed by atoms with Crippen LogP contribution in [0.3, 0.4) is 0 Å². The van der Waals surface area contributed by atoms with E-state index in [0.717, 1.165) is 52.2 Å². The summed E-state index contributed by atoms with van der Waals surface area (Å²) in [6.45, 7) is 14.0. The third-order valence-electron chi connectivity index (χ3n) is 4.11. The minimum absolute atomic E-state index is 0.114. The molecule has 1 saturated heterocycles. The van der Waals surface area contributed by atoms with E-state index in [1.807, 2.05) is 18.7 Å². The highest BCUT2D eigenvalue weighted by atomic mass is 16.5. The molecule has 22 heavy (non-hydrogen) atoms. The lowest BCUT2D eigenvalue weighted by atomic mass is 10.2. The lowest BCUT2D eigenvalue weighted by Gasteiger charge is -2.34. The maximum Gasteiger partial charge on any atom is 0.248 e. The van der Waals surface area contributed by atoms with E-state index in [4.69, 9.17) is 9.47 Å². The number of hydrogen-bond donors (Lipinski definition) is 0. The van der Waals surface area contributed by atoms with Crippen molar-refractivity contribution in [1.29, 1.82) is 0 Å². The molecule has 0 aromatic rings. The standard InChI is InChI=1S/C17H34N2O3/c1-5-16(4)21-13-7-6-8-18-9-11-19(12-10-18)17(20)14-22-15(2)3/h15-16H,5-14H2,1-4H3. The summed E-state index contributed by atoms with van der Waals surface area (Å²) in [6, 6.07) is 0. The van der Waals surface area contributed by atoms with Crippen LogP contribution in [0.5, 0.6) is 0 Å². The molecule has 0 saturated carbocycles. The van der Waals surface area contributed by atoms with Crippen LogP contribution < -0.4 is 0 Å². The minimum Gasteiger partial charge on any atom is -0.379 e. The quantitative estimate of drug-likeness (QED) is 0.580. The fourth-order valence-corrected chi connectivity index (χ4v) is 2.39. The molecule has 0 aromatic heterocycles. The highest BCUT2D eigenvalue weighted by Gasteiger charge is 2.20. The Balaban J connectivity index is 2.06. The van der Waals surface area contributed by atoms with Crippen molar-refractivity contribution >= 4 is 5.91 Å². The summed E-state index contributed by atoms with van der Waals surface area (Å²) >= 11 is 0. The summed E-state index contributed by atoms with van der Waals surface area (Å²) in [4.78, 5) is 16.3. The van der Waals surface area contributed by atoms with Gasteiger partial charge in [0, 0.05) is 32.8 Å². The molecule has 5 heteroatoms. The summed E-state index contributed by atoms with van der Waals surface area (Å²) in [6.07, 6.45) is 3.86. The van der Waals surface area contributed by atoms with Crippen molar-refractivity contribution in [2.24, 2.45) is 0 Å². The second-order valence-electron chi connectivity index (χ2n) is 6.38. The fourth-order valence-electron chi connectivity index (χ4n) is 2.39. The number of nitrogens with zero attached hydrogens (tertiary/aromatic N) is 2. The van der Waals surface area contributed by atoms with E-state index in [2.05, 4.69) is 18.7 Å². The number of ether oxygens (including phenoxy) is 2. The molecule has 130 valence electrons. The molecule has 1 aliphatic rings. The molecule has 1 atom stereocenters. The molecule has 0 aliphatic carbocycles. The van der Waals surface area contributed by atoms with Crippen molar-refractivity contribution in [3.8, 4) is 0 Å². The number of carbonyl (C=O) groups excluding carboxylic acids is 1. The molecule has 1 fully saturated rings. The summed E-state index contributed by atoms with van der Waals surface area (Å²) < 4.78 is 11.1. The highest BCUT2D eigenvalue weighted by Crippen LogP contribution is 2.06. The van der Waals surface area contributed by atoms with E-state index in [1.165, 1.54) is 6.42 Å². The summed E-state index contributed by atoms with van der Waals surface area (Å²) in [5, 5.41) is 0. The second-order valence-corrected chi connectivity index (χ2v) is 6.38. The molecular weight excluding hydrogens is 280 g/mol. The van der Waals surface area contributed by atoms with Gasteiger partial charge in [0.1, 0.15) is 6.61 Å². The molecule has 0 aromatic carbocycles. The molecule has 5 nitrogen and oxygen atoms in total. The van der Waals surface area contributed by atoms with Crippen LogP contribution in [0.15, 0.2) is 0 Å². The predicted molar refractivity (Wildman–Crippen MR) is 89.0 cm³/mol. The minimum atomic E-state index is 0.114. The van der Waals surface area contributed by atoms with Crippen LogP contribution in [0, 0.1) is 0 Å². The van der Waals surface area contributed by atoms with Crippen molar-refractivity contribution in [2.45, 2.75) is 59.2 Å². The Morgan fingerprint density at radius 2 is 1.73 bits per heavy atom. The zero-order chi connectivity index (χ0) is 16.4. The zero-order valence-electron chi connectivity index (χ0n) is 14.8. The largest absolute Gasteiger partial charge is 0.379 e. The van der Waals surface area contributed by atoms with Crippen LogP contribution in [0.1, 0.15) is 47.0 Å². The molecule has 1 rings (SSSR count). The molecular formula is C17H34N2O3. The van der Waals surface area contributed by atoms with Gasteiger partial charge in [-0.25, -0.2) is 0 Å². The zero-order valence-corrected chi connectivity index (χ0v) is 14.8. The first-order valence-corrected chi connectivity index (χ1v) is 8.76. The van der Waals surface area contributed by atoms with Gasteiger partial charge in [-0.15, -0.1) is 0 Å². The van der Waals surface area contributed by atoms with Crippen molar-refractivity contribution in [1.82, 2.24) is 9.80 Å². The van der Waals surface area contributed by atoms with Gasteiger partial charge in [-0.05, 0) is 46.6 Å². The van der Waals surface area contributed by atoms with Crippen molar-refractivity contribution in [3.05, 3.63) is 0 Å². The SMILES string of the molecule is CCC(C)OCCCCN1CCN(C(=O)COC(C)C)CC1. The Bertz CT molecular complexity index is 302. The normalized spacial score (nSPS) is 18.0. The van der Waals surface area contributed by atoms with Crippen LogP contribution in [0.4, 0.5) is 0 Å². The third kappa shape index (κ3) is 8.11. The van der Waals surface area contributed by atoms with E-state index >= 15 is 0 Å². The van der Waals surface area contributed by atoms with Gasteiger partial charge in [0.05, 0.1) is 12.2 Å². The Hall–Kier alpha value is -0.650. The van der Waals surface area contributed by atoms with Gasteiger partial charge in [0.2, 0.25) is 5.91 Å². The number of rotatable bonds is 10. The molecule has 1 heterocycles. The predicted octanol–water partition coefficient (Wildman–Crippen LogP) is 2.15. The molecule has 0 N–H and O–H groups in total. The van der Waals surface area contributed by atoms with Gasteiger partial charge in [0.15, 0.2) is 0 Å². The first kappa shape index (κ1) is 19.4. The van der Waals surface area contributed by atoms with Gasteiger partial charge in [0.25, 0.3) is 0 Å². The van der Waals surface area contributed by atoms with Crippen LogP contribution in [0.25, 0.3) is 0 Å². The van der Waals surface area contributed by atoms with Gasteiger partial charge in [-0.3, -0.25) is 9.69 Å². The van der Waals surface area contributed by atoms with Gasteiger partial charge < -0.3 is 14.4 Å². The Morgan fingerprint density at radius 1 is 1.05 bits per heavy atom. The Labute approximate surface area is 135 Å². The van der Waals surface area contributed by atoms with Gasteiger partial charge in [-0.2, -0.15) is 0 Å². The summed E-state index contributed by atoms with van der Waals surface area (Å²) in [5.41, 5.74) is 0. The molecule has 1 amide bonds. The van der Waals surface area contributed by atoms with E-state index in [-0.39, 0.29) is 18.6 Å². The number of amides is 1. The average molecular weight is 314 g/mol. The monoisotopic (exact) mass is 314 g/mol. The second kappa shape index (κ2) is 11.0. The third-order valence-corrected chi connectivity index (χ3v) is 4.11. The average Bonchev–Trinajstić information content (AvgIpc) is 2.52. The number of unbranched alkanes of at least 4 members (excludes halogenated alkanes) is 1. The van der Waals surface area contributed by atoms with Gasteiger partial charge >= 0.3 is 0 Å². The first-order valence-electron chi connectivity index (χ1n) is 8.76. The molecule has 0 spiro atoms. The maximum absolute atomic E-state index is 12.0. The molecule has 0 bridgehead atoms. The fraction of sp³-hybridized carbons (Fsp3) is 0.941. The van der Waals surface area contributed by atoms with Crippen LogP contribution >= 0.6 is 0 Å². The van der Waals surface area contributed by atoms with Crippen LogP contribution in [-0.4, -0.2) is 73.9 Å². The van der Waals surface area contributed by atoms with E-state index < -0.39 is 0 Å². The van der Waals surface area contributed by atoms with Crippen molar-refractivity contribution in [3.63, 3.8) is 0 Å². The number of hydrogen-bond acceptors (Lipinski definition) is 4. The highest BCUT2D eigenvalue weighted by molar-refractivity contribution is 5.77. The smallest absolute Gasteiger partial charge is 0.248 e. The van der Waals surface area contributed by atoms with Crippen LogP contribution in [-0.2, 0) is 14.3 Å². The first-order chi connectivity index (χ1) is 10.5. The summed E-state index contributed by atoms with van der Waals surface area (Å²) in [7, 11) is 0. The van der Waals surface area contributed by atoms with Gasteiger partial charge in [-0.1, -0.05) is 6.92 Å². The van der Waals surface area contributed by atoms with Crippen molar-refractivity contribution in [2.75, 3.05) is 45.9 Å². The number of piperazine rings is 1. The van der Waals surface area contributed by atoms with Crippen LogP contribution in [0.2, 0.25) is 0 Å². The Kier molecular flexibility index (Phi) is 9.68. The topological polar surface area (TPSA) is 42.0 Å². The molecule has 1 aliphatic heterocycles. The lowest BCUT2D eigenvalue weighted by Crippen LogP contribution is -2.49. The van der Waals surface area contributed by atoms with E-state index in [1.54, 1.807) is 0 Å². The molecule has 0 radical (unpaired) electrons. The Morgan fingerprint density at radius 3 is 2.32 bits per heavy atom. The maximum atomic E-state index is 12.0. The molecule has 1 unspecified atom stereocenters. The van der Waals surface area contributed by atoms with E-state index in [0.29, 0.717) is 6.10 Å². The van der Waals surface area contributed by atoms with E-state index in [9.17, 15) is 4.79 Å². The lowest BCUT2D eigenvalue weighted by molar-refractivity contribution is -0.139.